The molecular formula is C31H28N2O4. The Morgan fingerprint density at radius 2 is 1.35 bits per heavy atom. The summed E-state index contributed by atoms with van der Waals surface area (Å²) in [6, 6.07) is 35.4. The van der Waals surface area contributed by atoms with Gasteiger partial charge in [0.05, 0.1) is 7.11 Å². The summed E-state index contributed by atoms with van der Waals surface area (Å²) in [6.07, 6.45) is 2.01. The van der Waals surface area contributed by atoms with E-state index in [0.29, 0.717) is 19.3 Å². The van der Waals surface area contributed by atoms with Crippen LogP contribution in [-0.2, 0) is 16.0 Å². The first-order valence-electron chi connectivity index (χ1n) is 11.9. The Morgan fingerprint density at radius 1 is 0.784 bits per heavy atom. The molecule has 0 heterocycles. The summed E-state index contributed by atoms with van der Waals surface area (Å²) in [5.74, 6) is 0.704. The maximum absolute atomic E-state index is 12.2. The molecule has 0 aliphatic rings. The fourth-order valence-electron chi connectivity index (χ4n) is 3.82. The van der Waals surface area contributed by atoms with Crippen LogP contribution in [0.2, 0.25) is 0 Å². The molecule has 6 nitrogen and oxygen atoms in total. The molecular weight excluding hydrogens is 464 g/mol. The van der Waals surface area contributed by atoms with Gasteiger partial charge in [0.1, 0.15) is 5.75 Å². The second-order valence-electron chi connectivity index (χ2n) is 8.18. The normalized spacial score (nSPS) is 10.9. The summed E-state index contributed by atoms with van der Waals surface area (Å²) in [4.78, 5) is 25.9. The van der Waals surface area contributed by atoms with Crippen LogP contribution in [-0.4, -0.2) is 26.0 Å². The lowest BCUT2D eigenvalue weighted by atomic mass is 10.1. The molecule has 0 atom stereocenters. The third-order valence-electron chi connectivity index (χ3n) is 5.66. The van der Waals surface area contributed by atoms with Crippen LogP contribution < -0.4 is 15.0 Å². The van der Waals surface area contributed by atoms with Crippen LogP contribution in [0, 0.1) is 0 Å². The number of anilines is 3. The highest BCUT2D eigenvalue weighted by Crippen LogP contribution is 2.34. The molecule has 0 spiro atoms. The molecule has 0 fully saturated rings. The van der Waals surface area contributed by atoms with Crippen molar-refractivity contribution in [3.63, 3.8) is 0 Å². The zero-order valence-electron chi connectivity index (χ0n) is 20.5. The summed E-state index contributed by atoms with van der Waals surface area (Å²) < 4.78 is 10.4. The fourth-order valence-corrected chi connectivity index (χ4v) is 3.82. The molecule has 0 saturated heterocycles. The van der Waals surface area contributed by atoms with E-state index in [1.54, 1.807) is 7.11 Å². The number of methoxy groups -OCH3 is 1. The quantitative estimate of drug-likeness (QED) is 0.152. The van der Waals surface area contributed by atoms with E-state index in [4.69, 9.17) is 9.47 Å². The van der Waals surface area contributed by atoms with Crippen molar-refractivity contribution in [3.8, 4) is 5.75 Å². The number of amides is 1. The van der Waals surface area contributed by atoms with Crippen molar-refractivity contribution in [2.75, 3.05) is 18.6 Å². The molecule has 4 aromatic rings. The zero-order valence-corrected chi connectivity index (χ0v) is 20.5. The van der Waals surface area contributed by atoms with E-state index in [0.717, 1.165) is 33.9 Å². The fraction of sp³-hybridized carbons (Fsp3) is 0.0968. The summed E-state index contributed by atoms with van der Waals surface area (Å²) in [5.41, 5.74) is 4.80. The van der Waals surface area contributed by atoms with E-state index in [1.807, 2.05) is 109 Å². The van der Waals surface area contributed by atoms with Crippen LogP contribution in [0.25, 0.3) is 6.08 Å². The van der Waals surface area contributed by atoms with Crippen LogP contribution in [0.1, 0.15) is 11.1 Å². The first kappa shape index (κ1) is 25.3. The summed E-state index contributed by atoms with van der Waals surface area (Å²) in [6.45, 7) is 0.376. The molecule has 0 radical (unpaired) electrons. The minimum atomic E-state index is -0.678. The van der Waals surface area contributed by atoms with Crippen molar-refractivity contribution in [1.29, 1.82) is 0 Å². The number of hydrogen-bond donors (Lipinski definition) is 1. The maximum Gasteiger partial charge on any atom is 0.412 e. The van der Waals surface area contributed by atoms with Gasteiger partial charge in [-0.25, -0.2) is 4.79 Å². The Kier molecular flexibility index (Phi) is 8.70. The highest BCUT2D eigenvalue weighted by atomic mass is 16.6. The molecule has 1 amide bonds. The number of nitrogens with one attached hydrogen (secondary N) is 1. The average Bonchev–Trinajstić information content (AvgIpc) is 2.95. The van der Waals surface area contributed by atoms with Crippen LogP contribution >= 0.6 is 0 Å². The van der Waals surface area contributed by atoms with E-state index in [2.05, 4.69) is 10.2 Å². The first-order chi connectivity index (χ1) is 18.2. The summed E-state index contributed by atoms with van der Waals surface area (Å²) in [5, 5.41) is 2.67. The van der Waals surface area contributed by atoms with E-state index in [9.17, 15) is 9.59 Å². The second-order valence-corrected chi connectivity index (χ2v) is 8.18. The van der Waals surface area contributed by atoms with Gasteiger partial charge in [0.15, 0.2) is 12.0 Å². The minimum Gasteiger partial charge on any atom is -0.497 e. The van der Waals surface area contributed by atoms with Crippen LogP contribution in [0.3, 0.4) is 0 Å². The number of hydrogen-bond acceptors (Lipinski definition) is 5. The molecule has 6 heteroatoms. The molecule has 4 aromatic carbocycles. The topological polar surface area (TPSA) is 67.9 Å². The van der Waals surface area contributed by atoms with Crippen molar-refractivity contribution in [2.45, 2.75) is 6.42 Å². The third kappa shape index (κ3) is 7.08. The molecule has 0 aromatic heterocycles. The van der Waals surface area contributed by atoms with Gasteiger partial charge in [0.2, 0.25) is 0 Å². The number of ether oxygens (including phenoxy) is 2. The van der Waals surface area contributed by atoms with E-state index < -0.39 is 6.09 Å². The second kappa shape index (κ2) is 12.7. The number of carbonyl (C=O) groups is 2. The lowest BCUT2D eigenvalue weighted by Gasteiger charge is -2.25. The Labute approximate surface area is 216 Å². The van der Waals surface area contributed by atoms with Crippen molar-refractivity contribution in [2.24, 2.45) is 0 Å². The molecule has 0 aliphatic carbocycles. The number of carbonyl (C=O) groups excluding carboxylic acids is 2. The van der Waals surface area contributed by atoms with Crippen LogP contribution in [0.4, 0.5) is 21.9 Å². The predicted molar refractivity (Wildman–Crippen MR) is 146 cm³/mol. The zero-order chi connectivity index (χ0) is 25.9. The minimum absolute atomic E-state index is 0.0716. The number of alkyl carbamates (subject to hydrolysis) is 1. The number of aldehydes is 1. The number of allylic oxidation sites excluding steroid dienone is 1. The number of para-hydroxylation sites is 2. The van der Waals surface area contributed by atoms with Gasteiger partial charge in [-0.2, -0.15) is 0 Å². The van der Waals surface area contributed by atoms with Gasteiger partial charge >= 0.3 is 6.09 Å². The Balaban J connectivity index is 1.40. The lowest BCUT2D eigenvalue weighted by Crippen LogP contribution is -2.26. The van der Waals surface area contributed by atoms with Gasteiger partial charge in [-0.05, 0) is 72.2 Å². The number of benzene rings is 4. The first-order valence-corrected chi connectivity index (χ1v) is 11.9. The van der Waals surface area contributed by atoms with Crippen molar-refractivity contribution < 1.29 is 19.1 Å². The van der Waals surface area contributed by atoms with Gasteiger partial charge < -0.3 is 19.7 Å². The predicted octanol–water partition coefficient (Wildman–Crippen LogP) is 6.67. The van der Waals surface area contributed by atoms with Gasteiger partial charge in [0.25, 0.3) is 0 Å². The highest BCUT2D eigenvalue weighted by Gasteiger charge is 2.12. The Bertz CT molecular complexity index is 1280. The average molecular weight is 493 g/mol. The molecule has 1 N–H and O–H groups in total. The number of nitrogens with zero attached hydrogens (tertiary/aromatic N) is 1. The molecule has 0 unspecified atom stereocenters. The SMILES string of the molecule is COc1ccc(CCNC(=O)O/C(C=O)=C/c2ccc(N(c3ccccc3)c3ccccc3)cc2)cc1. The molecule has 4 rings (SSSR count). The largest absolute Gasteiger partial charge is 0.497 e. The molecule has 37 heavy (non-hydrogen) atoms. The number of rotatable bonds is 10. The van der Waals surface area contributed by atoms with Gasteiger partial charge in [0, 0.05) is 23.6 Å². The lowest BCUT2D eigenvalue weighted by molar-refractivity contribution is -0.106. The van der Waals surface area contributed by atoms with Crippen molar-refractivity contribution >= 4 is 35.5 Å². The molecule has 186 valence electrons. The van der Waals surface area contributed by atoms with E-state index in [1.165, 1.54) is 6.08 Å². The van der Waals surface area contributed by atoms with Crippen molar-refractivity contribution in [1.82, 2.24) is 5.32 Å². The Hall–Kier alpha value is -4.84. The van der Waals surface area contributed by atoms with Crippen LogP contribution in [0.5, 0.6) is 5.75 Å². The molecule has 0 aliphatic heterocycles. The van der Waals surface area contributed by atoms with Gasteiger partial charge in [-0.15, -0.1) is 0 Å². The third-order valence-corrected chi connectivity index (χ3v) is 5.66. The van der Waals surface area contributed by atoms with Gasteiger partial charge in [-0.3, -0.25) is 4.79 Å². The standard InChI is InChI=1S/C31H28N2O4/c1-36-29-18-14-24(15-19-29)20-21-32-31(35)37-30(23-34)22-25-12-16-28(17-13-25)33(26-8-4-2-5-9-26)27-10-6-3-7-11-27/h2-19,22-23H,20-21H2,1H3,(H,32,35)/b30-22+. The van der Waals surface area contributed by atoms with E-state index in [-0.39, 0.29) is 5.76 Å². The van der Waals surface area contributed by atoms with Gasteiger partial charge in [-0.1, -0.05) is 60.7 Å². The molecule has 0 saturated carbocycles. The summed E-state index contributed by atoms with van der Waals surface area (Å²) >= 11 is 0. The highest BCUT2D eigenvalue weighted by molar-refractivity contribution is 5.84. The smallest absolute Gasteiger partial charge is 0.412 e. The van der Waals surface area contributed by atoms with Crippen LogP contribution in [0.15, 0.2) is 115 Å². The van der Waals surface area contributed by atoms with E-state index >= 15 is 0 Å². The maximum atomic E-state index is 12.2. The summed E-state index contributed by atoms with van der Waals surface area (Å²) in [7, 11) is 1.61. The monoisotopic (exact) mass is 492 g/mol. The Morgan fingerprint density at radius 3 is 1.89 bits per heavy atom. The van der Waals surface area contributed by atoms with Crippen molar-refractivity contribution in [3.05, 3.63) is 126 Å². The molecule has 0 bridgehead atoms.